The van der Waals surface area contributed by atoms with E-state index >= 15 is 0 Å². The van der Waals surface area contributed by atoms with Crippen LogP contribution in [0.25, 0.3) is 27.1 Å². The molecule has 4 nitrogen and oxygen atoms in total. The second-order valence-corrected chi connectivity index (χ2v) is 14.6. The van der Waals surface area contributed by atoms with E-state index in [1.165, 1.54) is 0 Å². The highest BCUT2D eigenvalue weighted by molar-refractivity contribution is 5.92. The number of benzene rings is 8. The van der Waals surface area contributed by atoms with Crippen molar-refractivity contribution in [3.63, 3.8) is 0 Å². The molecule has 0 N–H and O–H groups in total. The summed E-state index contributed by atoms with van der Waals surface area (Å²) in [5.74, 6) is 0.788. The molecular formula is C52H40O4. The Morgan fingerprint density at radius 2 is 1.00 bits per heavy atom. The van der Waals surface area contributed by atoms with Crippen molar-refractivity contribution in [3.8, 4) is 23.0 Å². The van der Waals surface area contributed by atoms with E-state index in [4.69, 9.17) is 18.9 Å². The molecule has 0 fully saturated rings. The van der Waals surface area contributed by atoms with Crippen molar-refractivity contribution >= 4 is 27.1 Å². The maximum atomic E-state index is 7.61. The fraction of sp³-hybridized carbons (Fsp3) is 0.115. The van der Waals surface area contributed by atoms with Crippen LogP contribution in [0, 0.1) is 5.92 Å². The molecule has 4 atom stereocenters. The molecule has 2 aliphatic heterocycles. The van der Waals surface area contributed by atoms with Gasteiger partial charge in [0, 0.05) is 28.5 Å². The number of para-hydroxylation sites is 2. The van der Waals surface area contributed by atoms with Gasteiger partial charge >= 0.3 is 0 Å². The second kappa shape index (κ2) is 13.8. The summed E-state index contributed by atoms with van der Waals surface area (Å²) < 4.78 is 27.7. The van der Waals surface area contributed by atoms with Crippen molar-refractivity contribution in [2.45, 2.75) is 17.6 Å². The molecule has 2 heterocycles. The zero-order valence-corrected chi connectivity index (χ0v) is 31.3. The van der Waals surface area contributed by atoms with E-state index in [2.05, 4.69) is 164 Å². The normalized spacial score (nSPS) is 19.4. The van der Waals surface area contributed by atoms with Crippen LogP contribution in [-0.2, 0) is 5.79 Å². The lowest BCUT2D eigenvalue weighted by atomic mass is 9.62. The first-order valence-corrected chi connectivity index (χ1v) is 19.2. The predicted molar refractivity (Wildman–Crippen MR) is 225 cm³/mol. The first-order valence-electron chi connectivity index (χ1n) is 19.2. The number of fused-ring (bicyclic) bond motifs is 7. The van der Waals surface area contributed by atoms with Crippen LogP contribution in [0.5, 0.6) is 23.0 Å². The highest BCUT2D eigenvalue weighted by Crippen LogP contribution is 2.65. The first kappa shape index (κ1) is 33.8. The molecule has 0 aromatic heterocycles. The third-order valence-corrected chi connectivity index (χ3v) is 11.7. The van der Waals surface area contributed by atoms with Gasteiger partial charge in [-0.1, -0.05) is 158 Å². The summed E-state index contributed by atoms with van der Waals surface area (Å²) in [5, 5.41) is 4.56. The van der Waals surface area contributed by atoms with Gasteiger partial charge in [0.15, 0.2) is 0 Å². The summed E-state index contributed by atoms with van der Waals surface area (Å²) >= 11 is 0. The van der Waals surface area contributed by atoms with Crippen LogP contribution >= 0.6 is 0 Å². The summed E-state index contributed by atoms with van der Waals surface area (Å²) in [6.45, 7) is 0. The molecule has 0 spiro atoms. The number of hydrogen-bond acceptors (Lipinski definition) is 4. The maximum Gasteiger partial charge on any atom is 0.286 e. The van der Waals surface area contributed by atoms with Crippen LogP contribution in [0.1, 0.15) is 45.2 Å². The van der Waals surface area contributed by atoms with Gasteiger partial charge in [-0.25, -0.2) is 0 Å². The summed E-state index contributed by atoms with van der Waals surface area (Å²) in [7, 11) is 3.48. The predicted octanol–water partition coefficient (Wildman–Crippen LogP) is 12.3. The van der Waals surface area contributed by atoms with Crippen LogP contribution in [0.15, 0.2) is 188 Å². The highest BCUT2D eigenvalue weighted by Gasteiger charge is 2.61. The number of ether oxygens (including phenoxy) is 4. The van der Waals surface area contributed by atoms with Gasteiger partial charge < -0.3 is 18.9 Å². The zero-order valence-electron chi connectivity index (χ0n) is 31.3. The Kier molecular flexibility index (Phi) is 8.33. The second-order valence-electron chi connectivity index (χ2n) is 14.6. The van der Waals surface area contributed by atoms with E-state index in [1.807, 2.05) is 24.3 Å². The molecule has 2 aliphatic rings. The van der Waals surface area contributed by atoms with Gasteiger partial charge in [-0.3, -0.25) is 0 Å². The van der Waals surface area contributed by atoms with Gasteiger partial charge in [-0.2, -0.15) is 0 Å². The van der Waals surface area contributed by atoms with Crippen LogP contribution < -0.4 is 18.9 Å². The van der Waals surface area contributed by atoms with Gasteiger partial charge in [0.05, 0.1) is 25.7 Å². The van der Waals surface area contributed by atoms with Crippen LogP contribution in [0.3, 0.4) is 0 Å². The largest absolute Gasteiger partial charge is 0.496 e. The summed E-state index contributed by atoms with van der Waals surface area (Å²) in [6.07, 6.45) is 2.48. The molecule has 0 aliphatic carbocycles. The number of allylic oxidation sites excluding steroid dienone is 1. The zero-order chi connectivity index (χ0) is 37.6. The monoisotopic (exact) mass is 728 g/mol. The Morgan fingerprint density at radius 1 is 0.500 bits per heavy atom. The number of methoxy groups -OCH3 is 2. The first-order chi connectivity index (χ1) is 27.7. The molecule has 0 radical (unpaired) electrons. The van der Waals surface area contributed by atoms with E-state index in [0.29, 0.717) is 5.75 Å². The van der Waals surface area contributed by atoms with Crippen molar-refractivity contribution < 1.29 is 18.9 Å². The minimum absolute atomic E-state index is 0.257. The topological polar surface area (TPSA) is 36.9 Å². The lowest BCUT2D eigenvalue weighted by Gasteiger charge is -2.54. The summed E-state index contributed by atoms with van der Waals surface area (Å²) in [6, 6.07) is 63.8. The summed E-state index contributed by atoms with van der Waals surface area (Å²) in [5.41, 5.74) is 7.51. The number of rotatable bonds is 7. The third-order valence-electron chi connectivity index (χ3n) is 11.7. The number of hydrogen-bond donors (Lipinski definition) is 0. The molecule has 272 valence electrons. The van der Waals surface area contributed by atoms with Crippen molar-refractivity contribution in [1.82, 2.24) is 0 Å². The Bertz CT molecular complexity index is 2710. The highest BCUT2D eigenvalue weighted by atomic mass is 16.7. The van der Waals surface area contributed by atoms with E-state index in [9.17, 15) is 0 Å². The van der Waals surface area contributed by atoms with Crippen molar-refractivity contribution in [3.05, 3.63) is 221 Å². The molecule has 4 heteroatoms. The molecule has 0 saturated carbocycles. The van der Waals surface area contributed by atoms with E-state index in [0.717, 1.165) is 77.7 Å². The van der Waals surface area contributed by atoms with Crippen molar-refractivity contribution in [2.24, 2.45) is 5.92 Å². The molecule has 8 aromatic carbocycles. The molecule has 0 saturated heterocycles. The van der Waals surface area contributed by atoms with Crippen molar-refractivity contribution in [2.75, 3.05) is 14.2 Å². The molecule has 10 rings (SSSR count). The summed E-state index contributed by atoms with van der Waals surface area (Å²) in [4.78, 5) is 0. The Balaban J connectivity index is 1.40. The maximum absolute atomic E-state index is 7.61. The molecule has 8 aromatic rings. The minimum atomic E-state index is -1.34. The lowest BCUT2D eigenvalue weighted by Crippen LogP contribution is -2.55. The van der Waals surface area contributed by atoms with E-state index in [-0.39, 0.29) is 17.8 Å². The lowest BCUT2D eigenvalue weighted by molar-refractivity contribution is -0.192. The van der Waals surface area contributed by atoms with Crippen LogP contribution in [-0.4, -0.2) is 14.2 Å². The van der Waals surface area contributed by atoms with E-state index in [1.54, 1.807) is 14.2 Å². The molecule has 4 unspecified atom stereocenters. The third kappa shape index (κ3) is 5.36. The van der Waals surface area contributed by atoms with Crippen LogP contribution in [0.2, 0.25) is 0 Å². The molecule has 0 bridgehead atoms. The molecular weight excluding hydrogens is 689 g/mol. The Morgan fingerprint density at radius 3 is 1.62 bits per heavy atom. The van der Waals surface area contributed by atoms with Gasteiger partial charge in [0.25, 0.3) is 5.79 Å². The Hall–Kier alpha value is -6.78. The average Bonchev–Trinajstić information content (AvgIpc) is 3.27. The van der Waals surface area contributed by atoms with E-state index < -0.39 is 5.79 Å². The van der Waals surface area contributed by atoms with Gasteiger partial charge in [-0.05, 0) is 68.6 Å². The van der Waals surface area contributed by atoms with Gasteiger partial charge in [0.2, 0.25) is 0 Å². The smallest absolute Gasteiger partial charge is 0.286 e. The van der Waals surface area contributed by atoms with Gasteiger partial charge in [0.1, 0.15) is 23.0 Å². The minimum Gasteiger partial charge on any atom is -0.496 e. The average molecular weight is 729 g/mol. The fourth-order valence-corrected chi connectivity index (χ4v) is 9.36. The van der Waals surface area contributed by atoms with Crippen LogP contribution in [0.4, 0.5) is 0 Å². The SMILES string of the molecule is COc1ccccc1C1c2c(ccc3ccccc23)OC2(c3ccccc3OC)Oc3ccc4ccccc4c3C(C=C(c3ccccc3)c3ccccc3)C12. The quantitative estimate of drug-likeness (QED) is 0.164. The fourth-order valence-electron chi connectivity index (χ4n) is 9.36. The van der Waals surface area contributed by atoms with Crippen molar-refractivity contribution in [1.29, 1.82) is 0 Å². The molecule has 0 amide bonds. The van der Waals surface area contributed by atoms with Gasteiger partial charge in [-0.15, -0.1) is 0 Å². The Labute approximate surface area is 327 Å². The molecule has 56 heavy (non-hydrogen) atoms. The standard InChI is InChI=1S/C52H40O4/c1-53-44-27-15-13-25-40(44)50-49-39-24-12-10-22-37(39)30-32-47(49)56-52(43-26-14-16-28-45(43)54-2)51(50)42(48-38-23-11-9-21-36(38)29-31-46(48)55-52)33-41(34-17-5-3-6-18-34)35-19-7-4-8-20-35/h3-33,42,50-51H,1-2H3.